The lowest BCUT2D eigenvalue weighted by Gasteiger charge is -2.18. The maximum atomic E-state index is 11.0. The van der Waals surface area contributed by atoms with Gasteiger partial charge in [0.25, 0.3) is 0 Å². The smallest absolute Gasteiger partial charge is 0.304 e. The highest BCUT2D eigenvalue weighted by Gasteiger charge is 2.18. The molecule has 2 rings (SSSR count). The summed E-state index contributed by atoms with van der Waals surface area (Å²) in [6.07, 6.45) is -0.0525. The number of carbonyl (C=O) groups is 1. The second-order valence-corrected chi connectivity index (χ2v) is 5.39. The molecule has 0 radical (unpaired) electrons. The molecule has 4 nitrogen and oxygen atoms in total. The molecule has 0 unspecified atom stereocenters. The molecule has 1 atom stereocenters. The van der Waals surface area contributed by atoms with E-state index in [4.69, 9.17) is 27.7 Å². The zero-order chi connectivity index (χ0) is 16.1. The highest BCUT2D eigenvalue weighted by molar-refractivity contribution is 6.30. The van der Waals surface area contributed by atoms with Gasteiger partial charge in [-0.1, -0.05) is 29.8 Å². The van der Waals surface area contributed by atoms with Crippen molar-refractivity contribution >= 4 is 30.0 Å². The Labute approximate surface area is 145 Å². The first-order valence-electron chi connectivity index (χ1n) is 6.77. The molecule has 0 aliphatic heterocycles. The molecule has 120 valence electrons. The van der Waals surface area contributed by atoms with E-state index in [0.717, 1.165) is 16.7 Å². The van der Waals surface area contributed by atoms with Crippen LogP contribution in [0.2, 0.25) is 5.02 Å². The molecule has 0 aliphatic rings. The number of hydrogen-bond acceptors (Lipinski definition) is 3. The van der Waals surface area contributed by atoms with Gasteiger partial charge in [-0.25, -0.2) is 0 Å². The quantitative estimate of drug-likeness (QED) is 0.857. The number of nitriles is 1. The zero-order valence-electron chi connectivity index (χ0n) is 12.2. The lowest BCUT2D eigenvalue weighted by Crippen LogP contribution is -2.17. The highest BCUT2D eigenvalue weighted by atomic mass is 35.5. The average molecular weight is 351 g/mol. The Kier molecular flexibility index (Phi) is 7.05. The summed E-state index contributed by atoms with van der Waals surface area (Å²) in [5.41, 5.74) is 8.73. The summed E-state index contributed by atoms with van der Waals surface area (Å²) in [5, 5.41) is 18.6. The van der Waals surface area contributed by atoms with E-state index in [1.807, 2.05) is 6.07 Å². The maximum Gasteiger partial charge on any atom is 0.304 e. The minimum Gasteiger partial charge on any atom is -0.481 e. The maximum absolute atomic E-state index is 11.0. The fraction of sp³-hybridized carbons (Fsp3) is 0.176. The summed E-state index contributed by atoms with van der Waals surface area (Å²) < 4.78 is 0. The molecule has 0 spiro atoms. The van der Waals surface area contributed by atoms with Crippen LogP contribution in [0.25, 0.3) is 11.1 Å². The van der Waals surface area contributed by atoms with Crippen LogP contribution in [0.15, 0.2) is 42.5 Å². The summed E-state index contributed by atoms with van der Waals surface area (Å²) in [6.45, 7) is 0.221. The Hall–Kier alpha value is -2.06. The monoisotopic (exact) mass is 350 g/mol. The van der Waals surface area contributed by atoms with Gasteiger partial charge >= 0.3 is 5.97 Å². The number of nitrogens with two attached hydrogens (primary N) is 1. The Balaban J connectivity index is 0.00000264. The van der Waals surface area contributed by atoms with Gasteiger partial charge in [-0.05, 0) is 47.5 Å². The lowest BCUT2D eigenvalue weighted by atomic mass is 9.88. The molecule has 0 amide bonds. The van der Waals surface area contributed by atoms with Crippen LogP contribution in [0.1, 0.15) is 23.5 Å². The second-order valence-electron chi connectivity index (χ2n) is 4.95. The summed E-state index contributed by atoms with van der Waals surface area (Å²) in [6, 6.07) is 14.5. The zero-order valence-corrected chi connectivity index (χ0v) is 13.8. The molecule has 2 aromatic rings. The van der Waals surface area contributed by atoms with E-state index in [0.29, 0.717) is 10.6 Å². The third-order valence-electron chi connectivity index (χ3n) is 3.46. The van der Waals surface area contributed by atoms with Crippen molar-refractivity contribution in [3.8, 4) is 17.2 Å². The van der Waals surface area contributed by atoms with Crippen LogP contribution in [-0.4, -0.2) is 17.6 Å². The van der Waals surface area contributed by atoms with Crippen molar-refractivity contribution in [2.24, 2.45) is 5.73 Å². The van der Waals surface area contributed by atoms with Gasteiger partial charge in [0.05, 0.1) is 18.1 Å². The molecule has 3 N–H and O–H groups in total. The number of carboxylic acids is 1. The normalized spacial score (nSPS) is 11.2. The molecule has 0 bridgehead atoms. The molecule has 0 heterocycles. The number of rotatable bonds is 5. The van der Waals surface area contributed by atoms with E-state index >= 15 is 0 Å². The Bertz CT molecular complexity index is 742. The molecule has 0 fully saturated rings. The van der Waals surface area contributed by atoms with Crippen LogP contribution in [-0.2, 0) is 4.79 Å². The first-order valence-corrected chi connectivity index (χ1v) is 7.14. The fourth-order valence-electron chi connectivity index (χ4n) is 2.42. The fourth-order valence-corrected chi connectivity index (χ4v) is 2.59. The highest BCUT2D eigenvalue weighted by Crippen LogP contribution is 2.33. The lowest BCUT2D eigenvalue weighted by molar-refractivity contribution is -0.137. The number of hydrogen-bond donors (Lipinski definition) is 2. The minimum absolute atomic E-state index is 0. The first kappa shape index (κ1) is 19.0. The van der Waals surface area contributed by atoms with E-state index in [1.165, 1.54) is 0 Å². The second kappa shape index (κ2) is 8.54. The van der Waals surface area contributed by atoms with Crippen molar-refractivity contribution in [2.75, 3.05) is 6.54 Å². The molecular formula is C17H16Cl2N2O2. The van der Waals surface area contributed by atoms with Crippen LogP contribution in [0, 0.1) is 11.3 Å². The van der Waals surface area contributed by atoms with Gasteiger partial charge < -0.3 is 10.8 Å². The summed E-state index contributed by atoms with van der Waals surface area (Å²) >= 11 is 6.08. The standard InChI is InChI=1S/C17H15ClN2O2.ClH/c18-14-4-5-15(13(10-20)7-17(21)22)16(8-14)12-3-1-2-11(6-12)9-19;/h1-6,8,13H,7,10,20H2,(H,21,22);1H/t13-;/m0./s1. The number of carboxylic acid groups (broad SMARTS) is 1. The van der Waals surface area contributed by atoms with Gasteiger partial charge in [0.1, 0.15) is 0 Å². The van der Waals surface area contributed by atoms with Crippen LogP contribution in [0.5, 0.6) is 0 Å². The largest absolute Gasteiger partial charge is 0.481 e. The van der Waals surface area contributed by atoms with E-state index in [1.54, 1.807) is 36.4 Å². The third-order valence-corrected chi connectivity index (χ3v) is 3.70. The Morgan fingerprint density at radius 1 is 1.30 bits per heavy atom. The van der Waals surface area contributed by atoms with E-state index < -0.39 is 5.97 Å². The molecular weight excluding hydrogens is 335 g/mol. The van der Waals surface area contributed by atoms with E-state index in [9.17, 15) is 4.79 Å². The Morgan fingerprint density at radius 3 is 2.65 bits per heavy atom. The van der Waals surface area contributed by atoms with E-state index in [-0.39, 0.29) is 31.3 Å². The third kappa shape index (κ3) is 4.70. The first-order chi connectivity index (χ1) is 10.5. The van der Waals surface area contributed by atoms with E-state index in [2.05, 4.69) is 6.07 Å². The summed E-state index contributed by atoms with van der Waals surface area (Å²) in [4.78, 5) is 11.0. The van der Waals surface area contributed by atoms with Crippen LogP contribution < -0.4 is 5.73 Å². The topological polar surface area (TPSA) is 87.1 Å². The van der Waals surface area contributed by atoms with Gasteiger partial charge in [0.2, 0.25) is 0 Å². The number of halogens is 2. The van der Waals surface area contributed by atoms with Crippen LogP contribution >= 0.6 is 24.0 Å². The molecule has 0 aliphatic carbocycles. The summed E-state index contributed by atoms with van der Waals surface area (Å²) in [7, 11) is 0. The summed E-state index contributed by atoms with van der Waals surface area (Å²) in [5.74, 6) is -1.21. The molecule has 2 aromatic carbocycles. The van der Waals surface area contributed by atoms with Crippen molar-refractivity contribution in [3.05, 3.63) is 58.6 Å². The molecule has 0 saturated heterocycles. The van der Waals surface area contributed by atoms with Gasteiger partial charge in [-0.2, -0.15) is 5.26 Å². The van der Waals surface area contributed by atoms with Gasteiger partial charge in [-0.15, -0.1) is 12.4 Å². The van der Waals surface area contributed by atoms with Gasteiger partial charge in [-0.3, -0.25) is 4.79 Å². The SMILES string of the molecule is Cl.N#Cc1cccc(-c2cc(Cl)ccc2[C@H](CN)CC(=O)O)c1. The predicted molar refractivity (Wildman–Crippen MR) is 92.9 cm³/mol. The minimum atomic E-state index is -0.901. The van der Waals surface area contributed by atoms with Crippen LogP contribution in [0.3, 0.4) is 0 Å². The Morgan fingerprint density at radius 2 is 2.04 bits per heavy atom. The molecule has 0 aromatic heterocycles. The molecule has 0 saturated carbocycles. The van der Waals surface area contributed by atoms with Crippen molar-refractivity contribution in [2.45, 2.75) is 12.3 Å². The number of aliphatic carboxylic acids is 1. The van der Waals surface area contributed by atoms with Crippen molar-refractivity contribution in [1.82, 2.24) is 0 Å². The average Bonchev–Trinajstić information content (AvgIpc) is 2.52. The van der Waals surface area contributed by atoms with Gasteiger partial charge in [0, 0.05) is 10.9 Å². The van der Waals surface area contributed by atoms with Gasteiger partial charge in [0.15, 0.2) is 0 Å². The molecule has 6 heteroatoms. The number of benzene rings is 2. The predicted octanol–water partition coefficient (Wildman–Crippen LogP) is 3.82. The van der Waals surface area contributed by atoms with Crippen molar-refractivity contribution < 1.29 is 9.90 Å². The number of nitrogens with zero attached hydrogens (tertiary/aromatic N) is 1. The van der Waals surface area contributed by atoms with Crippen LogP contribution in [0.4, 0.5) is 0 Å². The van der Waals surface area contributed by atoms with Crippen molar-refractivity contribution in [3.63, 3.8) is 0 Å². The molecule has 23 heavy (non-hydrogen) atoms. The van der Waals surface area contributed by atoms with Crippen molar-refractivity contribution in [1.29, 1.82) is 5.26 Å².